The highest BCUT2D eigenvalue weighted by atomic mass is 16.5. The van der Waals surface area contributed by atoms with Gasteiger partial charge in [0.25, 0.3) is 5.91 Å². The van der Waals surface area contributed by atoms with Crippen molar-refractivity contribution >= 4 is 11.8 Å². The van der Waals surface area contributed by atoms with Crippen LogP contribution >= 0.6 is 0 Å². The summed E-state index contributed by atoms with van der Waals surface area (Å²) in [6.07, 6.45) is 2.63. The number of methoxy groups -OCH3 is 1. The van der Waals surface area contributed by atoms with Crippen LogP contribution in [0.2, 0.25) is 0 Å². The van der Waals surface area contributed by atoms with Gasteiger partial charge in [-0.3, -0.25) is 14.5 Å². The first-order valence-corrected chi connectivity index (χ1v) is 10.6. The van der Waals surface area contributed by atoms with Crippen molar-refractivity contribution in [1.82, 2.24) is 15.5 Å². The molecule has 3 rings (SSSR count). The molecular formula is C24H31N3O3. The number of benzene rings is 2. The molecule has 6 heteroatoms. The fraction of sp³-hybridized carbons (Fsp3) is 0.417. The molecule has 0 spiro atoms. The van der Waals surface area contributed by atoms with E-state index < -0.39 is 0 Å². The molecule has 1 saturated heterocycles. The number of nitrogens with one attached hydrogen (secondary N) is 2. The van der Waals surface area contributed by atoms with E-state index in [2.05, 4.69) is 27.7 Å². The predicted molar refractivity (Wildman–Crippen MR) is 118 cm³/mol. The van der Waals surface area contributed by atoms with Crippen LogP contribution in [0.25, 0.3) is 0 Å². The molecule has 0 saturated carbocycles. The zero-order valence-electron chi connectivity index (χ0n) is 17.8. The van der Waals surface area contributed by atoms with Gasteiger partial charge in [-0.1, -0.05) is 30.3 Å². The van der Waals surface area contributed by atoms with Gasteiger partial charge < -0.3 is 15.4 Å². The Morgan fingerprint density at radius 3 is 2.40 bits per heavy atom. The Morgan fingerprint density at radius 2 is 1.73 bits per heavy atom. The zero-order chi connectivity index (χ0) is 21.3. The number of likely N-dealkylation sites (tertiary alicyclic amines) is 1. The van der Waals surface area contributed by atoms with Crippen molar-refractivity contribution in [3.8, 4) is 5.75 Å². The van der Waals surface area contributed by atoms with Crippen LogP contribution in [0.15, 0.2) is 48.5 Å². The molecule has 2 amide bonds. The largest absolute Gasteiger partial charge is 0.497 e. The number of nitrogens with zero attached hydrogens (tertiary/aromatic N) is 1. The van der Waals surface area contributed by atoms with E-state index in [1.165, 1.54) is 18.4 Å². The van der Waals surface area contributed by atoms with Crippen molar-refractivity contribution < 1.29 is 14.3 Å². The number of carbonyl (C=O) groups excluding carboxylic acids is 2. The van der Waals surface area contributed by atoms with Crippen LogP contribution in [-0.2, 0) is 4.79 Å². The Kier molecular flexibility index (Phi) is 7.85. The number of hydrogen-bond donors (Lipinski definition) is 2. The van der Waals surface area contributed by atoms with E-state index in [4.69, 9.17) is 4.74 Å². The molecule has 2 aromatic rings. The second kappa shape index (κ2) is 10.8. The van der Waals surface area contributed by atoms with Crippen molar-refractivity contribution in [3.05, 3.63) is 65.2 Å². The molecule has 0 aromatic heterocycles. The van der Waals surface area contributed by atoms with Gasteiger partial charge in [0.15, 0.2) is 0 Å². The third kappa shape index (κ3) is 5.83. The molecule has 1 fully saturated rings. The van der Waals surface area contributed by atoms with Crippen LogP contribution in [0.3, 0.4) is 0 Å². The molecule has 1 heterocycles. The highest BCUT2D eigenvalue weighted by Crippen LogP contribution is 2.26. The maximum absolute atomic E-state index is 12.4. The Labute approximate surface area is 178 Å². The summed E-state index contributed by atoms with van der Waals surface area (Å²) in [5.74, 6) is 0.624. The molecule has 0 bridgehead atoms. The van der Waals surface area contributed by atoms with Crippen LogP contribution in [0.5, 0.6) is 5.75 Å². The van der Waals surface area contributed by atoms with Crippen molar-refractivity contribution in [2.75, 3.05) is 33.3 Å². The van der Waals surface area contributed by atoms with Gasteiger partial charge in [0.05, 0.1) is 13.2 Å². The number of aryl methyl sites for hydroxylation is 1. The quantitative estimate of drug-likeness (QED) is 0.668. The predicted octanol–water partition coefficient (Wildman–Crippen LogP) is 3.08. The lowest BCUT2D eigenvalue weighted by Crippen LogP contribution is -2.38. The van der Waals surface area contributed by atoms with E-state index in [-0.39, 0.29) is 24.3 Å². The summed E-state index contributed by atoms with van der Waals surface area (Å²) >= 11 is 0. The first-order valence-electron chi connectivity index (χ1n) is 10.6. The minimum Gasteiger partial charge on any atom is -0.497 e. The van der Waals surface area contributed by atoms with E-state index in [9.17, 15) is 9.59 Å². The van der Waals surface area contributed by atoms with E-state index in [0.717, 1.165) is 24.4 Å². The Bertz CT molecular complexity index is 845. The third-order valence-electron chi connectivity index (χ3n) is 5.60. The standard InChI is InChI=1S/C24H31N3O3/c1-18-7-3-4-8-21(18)24(29)25-14-13-23(28)26-17-22(27-15-5-6-16-27)19-9-11-20(30-2)12-10-19/h3-4,7-12,22H,5-6,13-17H2,1-2H3,(H,25,29)(H,26,28). The first-order chi connectivity index (χ1) is 14.6. The van der Waals surface area contributed by atoms with Crippen LogP contribution < -0.4 is 15.4 Å². The number of rotatable bonds is 9. The lowest BCUT2D eigenvalue weighted by Gasteiger charge is -2.28. The molecule has 1 aliphatic heterocycles. The molecule has 160 valence electrons. The maximum atomic E-state index is 12.4. The van der Waals surface area contributed by atoms with E-state index >= 15 is 0 Å². The molecule has 1 atom stereocenters. The van der Waals surface area contributed by atoms with Crippen molar-refractivity contribution in [1.29, 1.82) is 0 Å². The molecule has 0 aliphatic carbocycles. The number of ether oxygens (including phenoxy) is 1. The van der Waals surface area contributed by atoms with Crippen molar-refractivity contribution in [2.24, 2.45) is 0 Å². The smallest absolute Gasteiger partial charge is 0.251 e. The Balaban J connectivity index is 1.50. The average Bonchev–Trinajstić information content (AvgIpc) is 3.29. The fourth-order valence-electron chi connectivity index (χ4n) is 3.85. The van der Waals surface area contributed by atoms with Gasteiger partial charge in [0, 0.05) is 25.1 Å². The molecule has 6 nitrogen and oxygen atoms in total. The summed E-state index contributed by atoms with van der Waals surface area (Å²) < 4.78 is 5.26. The molecule has 30 heavy (non-hydrogen) atoms. The van der Waals surface area contributed by atoms with Gasteiger partial charge in [0.2, 0.25) is 5.91 Å². The third-order valence-corrected chi connectivity index (χ3v) is 5.60. The Morgan fingerprint density at radius 1 is 1.03 bits per heavy atom. The Hall–Kier alpha value is -2.86. The van der Waals surface area contributed by atoms with Crippen molar-refractivity contribution in [3.63, 3.8) is 0 Å². The fourth-order valence-corrected chi connectivity index (χ4v) is 3.85. The second-order valence-corrected chi connectivity index (χ2v) is 7.66. The first kappa shape index (κ1) is 21.8. The summed E-state index contributed by atoms with van der Waals surface area (Å²) in [4.78, 5) is 27.1. The summed E-state index contributed by atoms with van der Waals surface area (Å²) in [6, 6.07) is 15.6. The summed E-state index contributed by atoms with van der Waals surface area (Å²) in [6.45, 7) is 4.85. The van der Waals surface area contributed by atoms with Gasteiger partial charge in [-0.15, -0.1) is 0 Å². The second-order valence-electron chi connectivity index (χ2n) is 7.66. The highest BCUT2D eigenvalue weighted by molar-refractivity contribution is 5.95. The lowest BCUT2D eigenvalue weighted by atomic mass is 10.1. The highest BCUT2D eigenvalue weighted by Gasteiger charge is 2.24. The molecular weight excluding hydrogens is 378 g/mol. The zero-order valence-corrected chi connectivity index (χ0v) is 17.8. The molecule has 1 aliphatic rings. The lowest BCUT2D eigenvalue weighted by molar-refractivity contribution is -0.121. The van der Waals surface area contributed by atoms with E-state index in [1.54, 1.807) is 13.2 Å². The SMILES string of the molecule is COc1ccc(C(CNC(=O)CCNC(=O)c2ccccc2C)N2CCCC2)cc1. The maximum Gasteiger partial charge on any atom is 0.251 e. The number of hydrogen-bond acceptors (Lipinski definition) is 4. The average molecular weight is 410 g/mol. The minimum absolute atomic E-state index is 0.0576. The van der Waals surface area contributed by atoms with Crippen molar-refractivity contribution in [2.45, 2.75) is 32.2 Å². The van der Waals surface area contributed by atoms with Gasteiger partial charge in [0.1, 0.15) is 5.75 Å². The van der Waals surface area contributed by atoms with Crippen LogP contribution in [0, 0.1) is 6.92 Å². The minimum atomic E-state index is -0.144. The van der Waals surface area contributed by atoms with Crippen LogP contribution in [-0.4, -0.2) is 50.0 Å². The molecule has 0 radical (unpaired) electrons. The van der Waals surface area contributed by atoms with Gasteiger partial charge in [-0.25, -0.2) is 0 Å². The van der Waals surface area contributed by atoms with Gasteiger partial charge in [-0.05, 0) is 62.2 Å². The van der Waals surface area contributed by atoms with Crippen LogP contribution in [0.1, 0.15) is 46.8 Å². The molecule has 1 unspecified atom stereocenters. The molecule has 2 N–H and O–H groups in total. The normalized spacial score (nSPS) is 14.9. The van der Waals surface area contributed by atoms with E-state index in [0.29, 0.717) is 18.7 Å². The number of carbonyl (C=O) groups is 2. The topological polar surface area (TPSA) is 70.7 Å². The number of amides is 2. The monoisotopic (exact) mass is 409 g/mol. The van der Waals surface area contributed by atoms with Gasteiger partial charge in [-0.2, -0.15) is 0 Å². The van der Waals surface area contributed by atoms with Gasteiger partial charge >= 0.3 is 0 Å². The molecule has 2 aromatic carbocycles. The summed E-state index contributed by atoms with van der Waals surface area (Å²) in [5, 5.41) is 5.88. The summed E-state index contributed by atoms with van der Waals surface area (Å²) in [5.41, 5.74) is 2.74. The summed E-state index contributed by atoms with van der Waals surface area (Å²) in [7, 11) is 1.66. The van der Waals surface area contributed by atoms with E-state index in [1.807, 2.05) is 37.3 Å². The van der Waals surface area contributed by atoms with Crippen LogP contribution in [0.4, 0.5) is 0 Å².